The lowest BCUT2D eigenvalue weighted by molar-refractivity contribution is -0.142. The Balaban J connectivity index is 2.18. The quantitative estimate of drug-likeness (QED) is 0.910. The van der Waals surface area contributed by atoms with Crippen molar-refractivity contribution >= 4 is 17.7 Å². The molecule has 3 nitrogen and oxygen atoms in total. The van der Waals surface area contributed by atoms with E-state index in [1.54, 1.807) is 11.8 Å². The van der Waals surface area contributed by atoms with Crippen LogP contribution in [-0.2, 0) is 11.3 Å². The number of hydrogen-bond acceptors (Lipinski definition) is 3. The van der Waals surface area contributed by atoms with Gasteiger partial charge >= 0.3 is 5.97 Å². The normalized spacial score (nSPS) is 20.9. The third-order valence-electron chi connectivity index (χ3n) is 3.53. The van der Waals surface area contributed by atoms with E-state index in [9.17, 15) is 9.90 Å². The Kier molecular flexibility index (Phi) is 4.30. The number of benzene rings is 1. The second kappa shape index (κ2) is 5.76. The number of aryl methyl sites for hydroxylation is 2. The van der Waals surface area contributed by atoms with E-state index in [-0.39, 0.29) is 6.04 Å². The Bertz CT molecular complexity index is 427. The maximum Gasteiger partial charge on any atom is 0.321 e. The maximum absolute atomic E-state index is 11.3. The van der Waals surface area contributed by atoms with Gasteiger partial charge in [-0.25, -0.2) is 0 Å². The molecule has 1 unspecified atom stereocenters. The number of carboxylic acid groups (broad SMARTS) is 1. The Morgan fingerprint density at radius 2 is 2.11 bits per heavy atom. The molecule has 0 saturated carbocycles. The van der Waals surface area contributed by atoms with Crippen LogP contribution in [0.3, 0.4) is 0 Å². The fourth-order valence-corrected chi connectivity index (χ4v) is 3.46. The third kappa shape index (κ3) is 2.87. The summed E-state index contributed by atoms with van der Waals surface area (Å²) < 4.78 is 0. The van der Waals surface area contributed by atoms with E-state index >= 15 is 0 Å². The summed E-state index contributed by atoms with van der Waals surface area (Å²) in [6.07, 6.45) is 0. The van der Waals surface area contributed by atoms with Gasteiger partial charge in [0.2, 0.25) is 0 Å². The first-order valence-corrected chi connectivity index (χ1v) is 7.34. The fraction of sp³-hybridized carbons (Fsp3) is 0.500. The Labute approximate surface area is 112 Å². The predicted molar refractivity (Wildman–Crippen MR) is 75.1 cm³/mol. The van der Waals surface area contributed by atoms with Gasteiger partial charge in [-0.1, -0.05) is 18.2 Å². The highest BCUT2D eigenvalue weighted by atomic mass is 32.2. The van der Waals surface area contributed by atoms with Gasteiger partial charge in [0.25, 0.3) is 0 Å². The van der Waals surface area contributed by atoms with Crippen molar-refractivity contribution in [2.75, 3.05) is 18.1 Å². The number of aliphatic carboxylic acids is 1. The lowest BCUT2D eigenvalue weighted by Crippen LogP contribution is -2.46. The van der Waals surface area contributed by atoms with Crippen molar-refractivity contribution in [2.45, 2.75) is 26.4 Å². The van der Waals surface area contributed by atoms with Gasteiger partial charge < -0.3 is 5.11 Å². The SMILES string of the molecule is Cc1cccc(C)c1CN1CCSCC1C(=O)O. The van der Waals surface area contributed by atoms with E-state index in [1.165, 1.54) is 16.7 Å². The van der Waals surface area contributed by atoms with Crippen LogP contribution in [0.25, 0.3) is 0 Å². The lowest BCUT2D eigenvalue weighted by Gasteiger charge is -2.33. The number of carbonyl (C=O) groups is 1. The molecule has 98 valence electrons. The van der Waals surface area contributed by atoms with Crippen molar-refractivity contribution in [1.29, 1.82) is 0 Å². The minimum absolute atomic E-state index is 0.345. The predicted octanol–water partition coefficient (Wildman–Crippen LogP) is 2.31. The zero-order valence-corrected chi connectivity index (χ0v) is 11.7. The Morgan fingerprint density at radius 1 is 1.44 bits per heavy atom. The van der Waals surface area contributed by atoms with Crippen LogP contribution in [0.4, 0.5) is 0 Å². The van der Waals surface area contributed by atoms with E-state index in [0.29, 0.717) is 5.75 Å². The molecule has 0 amide bonds. The van der Waals surface area contributed by atoms with Gasteiger partial charge in [0, 0.05) is 24.6 Å². The molecule has 1 heterocycles. The summed E-state index contributed by atoms with van der Waals surface area (Å²) >= 11 is 1.73. The van der Waals surface area contributed by atoms with Gasteiger partial charge in [-0.15, -0.1) is 0 Å². The van der Waals surface area contributed by atoms with Crippen LogP contribution in [0, 0.1) is 13.8 Å². The highest BCUT2D eigenvalue weighted by Crippen LogP contribution is 2.22. The van der Waals surface area contributed by atoms with Crippen LogP contribution in [0.5, 0.6) is 0 Å². The first kappa shape index (κ1) is 13.4. The van der Waals surface area contributed by atoms with Crippen molar-refractivity contribution < 1.29 is 9.90 Å². The molecule has 1 saturated heterocycles. The molecule has 0 spiro atoms. The molecule has 0 radical (unpaired) electrons. The van der Waals surface area contributed by atoms with Crippen LogP contribution in [0.15, 0.2) is 18.2 Å². The van der Waals surface area contributed by atoms with Crippen molar-refractivity contribution in [3.63, 3.8) is 0 Å². The monoisotopic (exact) mass is 265 g/mol. The van der Waals surface area contributed by atoms with Gasteiger partial charge in [-0.05, 0) is 30.5 Å². The molecule has 1 fully saturated rings. The summed E-state index contributed by atoms with van der Waals surface area (Å²) in [6.45, 7) is 5.79. The molecule has 18 heavy (non-hydrogen) atoms. The van der Waals surface area contributed by atoms with Crippen LogP contribution in [0.1, 0.15) is 16.7 Å². The molecule has 4 heteroatoms. The van der Waals surface area contributed by atoms with Crippen molar-refractivity contribution in [2.24, 2.45) is 0 Å². The minimum Gasteiger partial charge on any atom is -0.480 e. The fourth-order valence-electron chi connectivity index (χ4n) is 2.36. The molecule has 1 N–H and O–H groups in total. The Hall–Kier alpha value is -1.00. The number of thioether (sulfide) groups is 1. The summed E-state index contributed by atoms with van der Waals surface area (Å²) in [4.78, 5) is 13.4. The van der Waals surface area contributed by atoms with Crippen molar-refractivity contribution in [3.05, 3.63) is 34.9 Å². The molecule has 0 aliphatic carbocycles. The molecule has 0 aromatic heterocycles. The van der Waals surface area contributed by atoms with E-state index < -0.39 is 5.97 Å². The second-order valence-corrected chi connectivity index (χ2v) is 5.92. The molecule has 1 aliphatic heterocycles. The van der Waals surface area contributed by atoms with E-state index in [2.05, 4.69) is 36.9 Å². The number of carboxylic acids is 1. The molecule has 1 atom stereocenters. The van der Waals surface area contributed by atoms with Crippen LogP contribution in [-0.4, -0.2) is 40.1 Å². The number of rotatable bonds is 3. The van der Waals surface area contributed by atoms with Crippen LogP contribution >= 0.6 is 11.8 Å². The van der Waals surface area contributed by atoms with Gasteiger partial charge in [0.05, 0.1) is 0 Å². The lowest BCUT2D eigenvalue weighted by atomic mass is 10.0. The summed E-state index contributed by atoms with van der Waals surface area (Å²) in [7, 11) is 0. The Morgan fingerprint density at radius 3 is 2.72 bits per heavy atom. The third-order valence-corrected chi connectivity index (χ3v) is 4.55. The number of hydrogen-bond donors (Lipinski definition) is 1. The minimum atomic E-state index is -0.701. The van der Waals surface area contributed by atoms with Crippen LogP contribution in [0.2, 0.25) is 0 Å². The highest BCUT2D eigenvalue weighted by Gasteiger charge is 2.29. The smallest absolute Gasteiger partial charge is 0.321 e. The maximum atomic E-state index is 11.3. The average Bonchev–Trinajstić information content (AvgIpc) is 2.34. The molecule has 1 aromatic carbocycles. The zero-order chi connectivity index (χ0) is 13.1. The molecule has 1 aliphatic rings. The summed E-state index contributed by atoms with van der Waals surface area (Å²) in [5.74, 6) is 1.02. The first-order valence-electron chi connectivity index (χ1n) is 6.19. The van der Waals surface area contributed by atoms with Crippen LogP contribution < -0.4 is 0 Å². The second-order valence-electron chi connectivity index (χ2n) is 4.77. The molecular formula is C14H19NO2S. The molecule has 2 rings (SSSR count). The zero-order valence-electron chi connectivity index (χ0n) is 10.8. The molecule has 1 aromatic rings. The van der Waals surface area contributed by atoms with E-state index in [4.69, 9.17) is 0 Å². The highest BCUT2D eigenvalue weighted by molar-refractivity contribution is 7.99. The number of nitrogens with zero attached hydrogens (tertiary/aromatic N) is 1. The largest absolute Gasteiger partial charge is 0.480 e. The average molecular weight is 265 g/mol. The topological polar surface area (TPSA) is 40.5 Å². The van der Waals surface area contributed by atoms with E-state index in [1.807, 2.05) is 0 Å². The van der Waals surface area contributed by atoms with Gasteiger partial charge in [-0.2, -0.15) is 11.8 Å². The molecular weight excluding hydrogens is 246 g/mol. The first-order chi connectivity index (χ1) is 8.59. The van der Waals surface area contributed by atoms with Gasteiger partial charge in [0.1, 0.15) is 6.04 Å². The standard InChI is InChI=1S/C14H19NO2S/c1-10-4-3-5-11(2)12(10)8-15-6-7-18-9-13(15)14(16)17/h3-5,13H,6-9H2,1-2H3,(H,16,17). The summed E-state index contributed by atoms with van der Waals surface area (Å²) in [5, 5.41) is 9.27. The van der Waals surface area contributed by atoms with E-state index in [0.717, 1.165) is 18.8 Å². The van der Waals surface area contributed by atoms with Crippen molar-refractivity contribution in [1.82, 2.24) is 4.90 Å². The summed E-state index contributed by atoms with van der Waals surface area (Å²) in [5.41, 5.74) is 3.77. The van der Waals surface area contributed by atoms with Gasteiger partial charge in [-0.3, -0.25) is 9.69 Å². The summed E-state index contributed by atoms with van der Waals surface area (Å²) in [6, 6.07) is 5.89. The van der Waals surface area contributed by atoms with Crippen molar-refractivity contribution in [3.8, 4) is 0 Å². The molecule has 0 bridgehead atoms. The van der Waals surface area contributed by atoms with Gasteiger partial charge in [0.15, 0.2) is 0 Å².